The minimum absolute atomic E-state index is 0.0303. The first-order valence-electron chi connectivity index (χ1n) is 9.21. The molecule has 1 saturated heterocycles. The molecule has 4 rings (SSSR count). The van der Waals surface area contributed by atoms with Crippen molar-refractivity contribution in [3.05, 3.63) is 53.3 Å². The molecule has 2 heterocycles. The zero-order chi connectivity index (χ0) is 20.5. The van der Waals surface area contributed by atoms with Gasteiger partial charge in [0, 0.05) is 49.3 Å². The molecule has 0 spiro atoms. The highest BCUT2D eigenvalue weighted by atomic mass is 35.5. The van der Waals surface area contributed by atoms with Gasteiger partial charge < -0.3 is 19.1 Å². The molecule has 0 bridgehead atoms. The van der Waals surface area contributed by atoms with Gasteiger partial charge in [0.1, 0.15) is 5.75 Å². The Morgan fingerprint density at radius 3 is 2.66 bits per heavy atom. The molecule has 8 heteroatoms. The Hall–Kier alpha value is -3.06. The van der Waals surface area contributed by atoms with Crippen molar-refractivity contribution < 1.29 is 14.1 Å². The van der Waals surface area contributed by atoms with E-state index < -0.39 is 0 Å². The van der Waals surface area contributed by atoms with E-state index in [1.165, 1.54) is 0 Å². The summed E-state index contributed by atoms with van der Waals surface area (Å²) in [6, 6.07) is 13.1. The number of halogens is 1. The largest absolute Gasteiger partial charge is 0.495 e. The molecule has 0 radical (unpaired) electrons. The summed E-state index contributed by atoms with van der Waals surface area (Å²) in [7, 11) is 5.53. The molecular weight excluding hydrogens is 392 g/mol. The predicted octanol–water partition coefficient (Wildman–Crippen LogP) is 3.99. The van der Waals surface area contributed by atoms with Crippen molar-refractivity contribution >= 4 is 28.9 Å². The lowest BCUT2D eigenvalue weighted by Gasteiger charge is -2.19. The Bertz CT molecular complexity index is 1030. The lowest BCUT2D eigenvalue weighted by Crippen LogP contribution is -2.24. The van der Waals surface area contributed by atoms with Crippen molar-refractivity contribution in [1.29, 1.82) is 0 Å². The molecular formula is C21H21ClN4O3. The molecule has 0 N–H and O–H groups in total. The van der Waals surface area contributed by atoms with Crippen molar-refractivity contribution in [2.45, 2.75) is 12.3 Å². The molecule has 2 aromatic carbocycles. The highest BCUT2D eigenvalue weighted by molar-refractivity contribution is 6.31. The van der Waals surface area contributed by atoms with Gasteiger partial charge in [0.2, 0.25) is 5.91 Å². The monoisotopic (exact) mass is 412 g/mol. The number of rotatable bonds is 5. The number of amides is 1. The average Bonchev–Trinajstić information content (AvgIpc) is 3.35. The number of nitrogens with zero attached hydrogens (tertiary/aromatic N) is 4. The quantitative estimate of drug-likeness (QED) is 0.631. The van der Waals surface area contributed by atoms with Gasteiger partial charge in [-0.15, -0.1) is 0 Å². The molecule has 7 nitrogen and oxygen atoms in total. The smallest absolute Gasteiger partial charge is 0.257 e. The second-order valence-corrected chi connectivity index (χ2v) is 7.56. The standard InChI is InChI=1S/C21H21ClN4O3/c1-25(2)16-7-4-13(5-8-16)21-23-20(24-29-21)14-10-19(27)26(12-14)17-11-15(22)6-9-18(17)28-3/h4-9,11,14H,10,12H2,1-3H3. The van der Waals surface area contributed by atoms with E-state index in [0.29, 0.717) is 41.1 Å². The van der Waals surface area contributed by atoms with E-state index in [4.69, 9.17) is 20.9 Å². The number of hydrogen-bond donors (Lipinski definition) is 0. The lowest BCUT2D eigenvalue weighted by molar-refractivity contribution is -0.117. The molecule has 1 aliphatic rings. The second-order valence-electron chi connectivity index (χ2n) is 7.12. The van der Waals surface area contributed by atoms with E-state index in [1.807, 2.05) is 43.3 Å². The molecule has 0 saturated carbocycles. The van der Waals surface area contributed by atoms with Crippen LogP contribution in [0.25, 0.3) is 11.5 Å². The van der Waals surface area contributed by atoms with Crippen LogP contribution in [0.15, 0.2) is 47.0 Å². The third-order valence-electron chi connectivity index (χ3n) is 4.99. The van der Waals surface area contributed by atoms with Crippen molar-refractivity contribution in [3.63, 3.8) is 0 Å². The summed E-state index contributed by atoms with van der Waals surface area (Å²) < 4.78 is 10.8. The molecule has 1 amide bonds. The summed E-state index contributed by atoms with van der Waals surface area (Å²) in [5.41, 5.74) is 2.57. The molecule has 3 aromatic rings. The predicted molar refractivity (Wildman–Crippen MR) is 112 cm³/mol. The van der Waals surface area contributed by atoms with Crippen LogP contribution in [0.5, 0.6) is 5.75 Å². The zero-order valence-corrected chi connectivity index (χ0v) is 17.2. The number of benzene rings is 2. The number of hydrogen-bond acceptors (Lipinski definition) is 6. The number of methoxy groups -OCH3 is 1. The van der Waals surface area contributed by atoms with E-state index in [-0.39, 0.29) is 11.8 Å². The number of anilines is 2. The van der Waals surface area contributed by atoms with E-state index in [1.54, 1.807) is 30.2 Å². The summed E-state index contributed by atoms with van der Waals surface area (Å²) in [6.07, 6.45) is 0.300. The van der Waals surface area contributed by atoms with Crippen LogP contribution in [-0.2, 0) is 4.79 Å². The molecule has 1 unspecified atom stereocenters. The topological polar surface area (TPSA) is 71.7 Å². The Morgan fingerprint density at radius 2 is 1.97 bits per heavy atom. The van der Waals surface area contributed by atoms with Crippen LogP contribution in [0.1, 0.15) is 18.2 Å². The van der Waals surface area contributed by atoms with Crippen molar-refractivity contribution in [2.75, 3.05) is 37.5 Å². The van der Waals surface area contributed by atoms with Crippen LogP contribution in [0.3, 0.4) is 0 Å². The van der Waals surface area contributed by atoms with Crippen LogP contribution in [0.4, 0.5) is 11.4 Å². The van der Waals surface area contributed by atoms with Gasteiger partial charge in [0.25, 0.3) is 5.89 Å². The van der Waals surface area contributed by atoms with Gasteiger partial charge in [0.05, 0.1) is 12.8 Å². The average molecular weight is 413 g/mol. The molecule has 1 aliphatic heterocycles. The fourth-order valence-corrected chi connectivity index (χ4v) is 3.57. The van der Waals surface area contributed by atoms with E-state index in [2.05, 4.69) is 10.1 Å². The van der Waals surface area contributed by atoms with Gasteiger partial charge in [-0.3, -0.25) is 4.79 Å². The summed E-state index contributed by atoms with van der Waals surface area (Å²) in [5, 5.41) is 4.66. The maximum Gasteiger partial charge on any atom is 0.257 e. The van der Waals surface area contributed by atoms with Gasteiger partial charge in [-0.2, -0.15) is 4.98 Å². The minimum atomic E-state index is -0.162. The normalized spacial score (nSPS) is 16.3. The third kappa shape index (κ3) is 3.78. The lowest BCUT2D eigenvalue weighted by atomic mass is 10.1. The maximum absolute atomic E-state index is 12.7. The summed E-state index contributed by atoms with van der Waals surface area (Å²) in [6.45, 7) is 0.439. The summed E-state index contributed by atoms with van der Waals surface area (Å²) in [4.78, 5) is 20.9. The second kappa shape index (κ2) is 7.75. The minimum Gasteiger partial charge on any atom is -0.495 e. The first-order valence-corrected chi connectivity index (χ1v) is 9.59. The fourth-order valence-electron chi connectivity index (χ4n) is 3.41. The van der Waals surface area contributed by atoms with Crippen molar-refractivity contribution in [3.8, 4) is 17.2 Å². The van der Waals surface area contributed by atoms with Crippen molar-refractivity contribution in [1.82, 2.24) is 10.1 Å². The highest BCUT2D eigenvalue weighted by Gasteiger charge is 2.36. The van der Waals surface area contributed by atoms with E-state index in [9.17, 15) is 4.79 Å². The van der Waals surface area contributed by atoms with Gasteiger partial charge in [-0.05, 0) is 42.5 Å². The molecule has 29 heavy (non-hydrogen) atoms. The van der Waals surface area contributed by atoms with Crippen LogP contribution in [-0.4, -0.2) is 43.8 Å². The van der Waals surface area contributed by atoms with E-state index in [0.717, 1.165) is 11.3 Å². The highest BCUT2D eigenvalue weighted by Crippen LogP contribution is 2.37. The molecule has 0 aliphatic carbocycles. The fraction of sp³-hybridized carbons (Fsp3) is 0.286. The van der Waals surface area contributed by atoms with Gasteiger partial charge in [0.15, 0.2) is 5.82 Å². The van der Waals surface area contributed by atoms with Crippen LogP contribution < -0.4 is 14.5 Å². The molecule has 150 valence electrons. The van der Waals surface area contributed by atoms with Crippen LogP contribution >= 0.6 is 11.6 Å². The van der Waals surface area contributed by atoms with Crippen LogP contribution in [0, 0.1) is 0 Å². The SMILES string of the molecule is COc1ccc(Cl)cc1N1CC(c2noc(-c3ccc(N(C)C)cc3)n2)CC1=O. The number of carbonyl (C=O) groups is 1. The van der Waals surface area contributed by atoms with Gasteiger partial charge in [-0.1, -0.05) is 16.8 Å². The third-order valence-corrected chi connectivity index (χ3v) is 5.23. The Morgan fingerprint density at radius 1 is 1.21 bits per heavy atom. The Labute approximate surface area is 173 Å². The van der Waals surface area contributed by atoms with Gasteiger partial charge in [-0.25, -0.2) is 0 Å². The summed E-state index contributed by atoms with van der Waals surface area (Å²) in [5.74, 6) is 1.37. The first-order chi connectivity index (χ1) is 14.0. The van der Waals surface area contributed by atoms with E-state index >= 15 is 0 Å². The van der Waals surface area contributed by atoms with Crippen molar-refractivity contribution in [2.24, 2.45) is 0 Å². The number of ether oxygens (including phenoxy) is 1. The molecule has 1 aromatic heterocycles. The number of carbonyl (C=O) groups excluding carboxylic acids is 1. The molecule has 1 atom stereocenters. The van der Waals surface area contributed by atoms with Gasteiger partial charge >= 0.3 is 0 Å². The first kappa shape index (κ1) is 19.3. The zero-order valence-electron chi connectivity index (χ0n) is 16.4. The Kier molecular flexibility index (Phi) is 5.15. The molecule has 1 fully saturated rings. The maximum atomic E-state index is 12.7. The Balaban J connectivity index is 1.55. The number of aromatic nitrogens is 2. The van der Waals surface area contributed by atoms with Crippen LogP contribution in [0.2, 0.25) is 5.02 Å². The summed E-state index contributed by atoms with van der Waals surface area (Å²) >= 11 is 6.12.